The lowest BCUT2D eigenvalue weighted by atomic mass is 10.2. The summed E-state index contributed by atoms with van der Waals surface area (Å²) in [6, 6.07) is 4.71. The van der Waals surface area contributed by atoms with Gasteiger partial charge in [0.15, 0.2) is 11.5 Å². The molecule has 0 bridgehead atoms. The molecule has 0 aliphatic rings. The molecular weight excluding hydrogens is 271 g/mol. The van der Waals surface area contributed by atoms with E-state index in [0.717, 1.165) is 12.8 Å². The number of halogens is 3. The third-order valence-corrected chi connectivity index (χ3v) is 2.36. The number of alkyl halides is 3. The van der Waals surface area contributed by atoms with Gasteiger partial charge in [0.05, 0.1) is 13.2 Å². The van der Waals surface area contributed by atoms with Crippen LogP contribution in [0.3, 0.4) is 0 Å². The first kappa shape index (κ1) is 16.5. The van der Waals surface area contributed by atoms with E-state index in [4.69, 9.17) is 9.47 Å². The summed E-state index contributed by atoms with van der Waals surface area (Å²) < 4.78 is 47.5. The molecule has 0 aromatic heterocycles. The number of benzene rings is 1. The van der Waals surface area contributed by atoms with Gasteiger partial charge in [0, 0.05) is 11.8 Å². The largest absolute Gasteiger partial charge is 0.490 e. The standard InChI is InChI=1S/C14H20F3NO2/c1-3-7-19-12-6-5-11(18-10-14(15,16)17)9-13(12)20-8-4-2/h5-6,9,18H,3-4,7-8,10H2,1-2H3. The Morgan fingerprint density at radius 3 is 2.15 bits per heavy atom. The van der Waals surface area contributed by atoms with Crippen molar-refractivity contribution in [2.75, 3.05) is 25.1 Å². The summed E-state index contributed by atoms with van der Waals surface area (Å²) in [7, 11) is 0. The molecule has 6 heteroatoms. The monoisotopic (exact) mass is 291 g/mol. The van der Waals surface area contributed by atoms with Gasteiger partial charge in [-0.3, -0.25) is 0 Å². The summed E-state index contributed by atoms with van der Waals surface area (Å²) in [4.78, 5) is 0. The lowest BCUT2D eigenvalue weighted by molar-refractivity contribution is -0.115. The normalized spacial score (nSPS) is 11.2. The van der Waals surface area contributed by atoms with E-state index < -0.39 is 12.7 Å². The van der Waals surface area contributed by atoms with Crippen molar-refractivity contribution in [1.82, 2.24) is 0 Å². The summed E-state index contributed by atoms with van der Waals surface area (Å²) in [5.41, 5.74) is 0.359. The molecule has 0 saturated carbocycles. The lowest BCUT2D eigenvalue weighted by Gasteiger charge is -2.15. The van der Waals surface area contributed by atoms with Gasteiger partial charge < -0.3 is 14.8 Å². The molecule has 0 amide bonds. The second-order valence-corrected chi connectivity index (χ2v) is 4.33. The minimum Gasteiger partial charge on any atom is -0.490 e. The Kier molecular flexibility index (Phi) is 6.48. The highest BCUT2D eigenvalue weighted by Gasteiger charge is 2.26. The van der Waals surface area contributed by atoms with Gasteiger partial charge in [0.25, 0.3) is 0 Å². The Morgan fingerprint density at radius 2 is 1.60 bits per heavy atom. The number of anilines is 1. The molecule has 0 spiro atoms. The van der Waals surface area contributed by atoms with E-state index in [9.17, 15) is 13.2 Å². The SMILES string of the molecule is CCCOc1ccc(NCC(F)(F)F)cc1OCCC. The minimum absolute atomic E-state index is 0.359. The topological polar surface area (TPSA) is 30.5 Å². The van der Waals surface area contributed by atoms with Crippen LogP contribution in [-0.2, 0) is 0 Å². The third kappa shape index (κ3) is 6.04. The Balaban J connectivity index is 2.77. The van der Waals surface area contributed by atoms with Crippen molar-refractivity contribution in [3.63, 3.8) is 0 Å². The van der Waals surface area contributed by atoms with E-state index in [-0.39, 0.29) is 0 Å². The van der Waals surface area contributed by atoms with Crippen LogP contribution < -0.4 is 14.8 Å². The molecule has 0 aliphatic heterocycles. The van der Waals surface area contributed by atoms with Crippen LogP contribution in [0.4, 0.5) is 18.9 Å². The van der Waals surface area contributed by atoms with Gasteiger partial charge in [-0.25, -0.2) is 0 Å². The van der Waals surface area contributed by atoms with Gasteiger partial charge in [-0.05, 0) is 25.0 Å². The molecule has 3 nitrogen and oxygen atoms in total. The highest BCUT2D eigenvalue weighted by Crippen LogP contribution is 2.31. The quantitative estimate of drug-likeness (QED) is 0.777. The first-order chi connectivity index (χ1) is 9.46. The Morgan fingerprint density at radius 1 is 1.00 bits per heavy atom. The molecule has 1 rings (SSSR count). The van der Waals surface area contributed by atoms with Crippen molar-refractivity contribution in [1.29, 1.82) is 0 Å². The van der Waals surface area contributed by atoms with Crippen molar-refractivity contribution < 1.29 is 22.6 Å². The van der Waals surface area contributed by atoms with E-state index in [2.05, 4.69) is 5.32 Å². The molecule has 0 saturated heterocycles. The zero-order valence-corrected chi connectivity index (χ0v) is 11.7. The number of hydrogen-bond acceptors (Lipinski definition) is 3. The van der Waals surface area contributed by atoms with Crippen molar-refractivity contribution in [3.05, 3.63) is 18.2 Å². The van der Waals surface area contributed by atoms with Crippen LogP contribution >= 0.6 is 0 Å². The summed E-state index contributed by atoms with van der Waals surface area (Å²) >= 11 is 0. The number of ether oxygens (including phenoxy) is 2. The van der Waals surface area contributed by atoms with E-state index >= 15 is 0 Å². The summed E-state index contributed by atoms with van der Waals surface area (Å²) in [6.45, 7) is 3.89. The molecule has 114 valence electrons. The van der Waals surface area contributed by atoms with Crippen LogP contribution in [0.25, 0.3) is 0 Å². The number of rotatable bonds is 8. The van der Waals surface area contributed by atoms with Gasteiger partial charge in [-0.2, -0.15) is 13.2 Å². The van der Waals surface area contributed by atoms with E-state index in [1.807, 2.05) is 13.8 Å². The van der Waals surface area contributed by atoms with Gasteiger partial charge in [0.1, 0.15) is 6.54 Å². The van der Waals surface area contributed by atoms with Gasteiger partial charge in [-0.1, -0.05) is 13.8 Å². The maximum Gasteiger partial charge on any atom is 0.405 e. The van der Waals surface area contributed by atoms with Crippen molar-refractivity contribution in [2.24, 2.45) is 0 Å². The summed E-state index contributed by atoms with van der Waals surface area (Å²) in [6.07, 6.45) is -2.59. The molecule has 0 unspecified atom stereocenters. The number of nitrogens with one attached hydrogen (secondary N) is 1. The van der Waals surface area contributed by atoms with Gasteiger partial charge in [0.2, 0.25) is 0 Å². The molecule has 0 atom stereocenters. The Hall–Kier alpha value is -1.59. The molecule has 0 radical (unpaired) electrons. The fraction of sp³-hybridized carbons (Fsp3) is 0.571. The molecule has 1 N–H and O–H groups in total. The molecule has 1 aromatic carbocycles. The van der Waals surface area contributed by atoms with Gasteiger partial charge >= 0.3 is 6.18 Å². The van der Waals surface area contributed by atoms with E-state index in [1.165, 1.54) is 6.07 Å². The smallest absolute Gasteiger partial charge is 0.405 e. The van der Waals surface area contributed by atoms with Crippen molar-refractivity contribution in [3.8, 4) is 11.5 Å². The fourth-order valence-corrected chi connectivity index (χ4v) is 1.48. The predicted molar refractivity (Wildman–Crippen MR) is 72.6 cm³/mol. The van der Waals surface area contributed by atoms with Gasteiger partial charge in [-0.15, -0.1) is 0 Å². The molecule has 0 aliphatic carbocycles. The average molecular weight is 291 g/mol. The van der Waals surface area contributed by atoms with Crippen LogP contribution in [0.1, 0.15) is 26.7 Å². The van der Waals surface area contributed by atoms with Crippen LogP contribution in [0.15, 0.2) is 18.2 Å². The van der Waals surface area contributed by atoms with Crippen LogP contribution in [0.2, 0.25) is 0 Å². The molecule has 0 heterocycles. The van der Waals surface area contributed by atoms with E-state index in [1.54, 1.807) is 12.1 Å². The molecular formula is C14H20F3NO2. The minimum atomic E-state index is -4.25. The first-order valence-electron chi connectivity index (χ1n) is 6.66. The highest BCUT2D eigenvalue weighted by atomic mass is 19.4. The maximum absolute atomic E-state index is 12.2. The average Bonchev–Trinajstić information content (AvgIpc) is 2.40. The summed E-state index contributed by atoms with van der Waals surface area (Å²) in [5.74, 6) is 1.02. The zero-order chi connectivity index (χ0) is 15.0. The molecule has 0 fully saturated rings. The zero-order valence-electron chi connectivity index (χ0n) is 11.7. The Labute approximate surface area is 117 Å². The van der Waals surface area contributed by atoms with Crippen molar-refractivity contribution in [2.45, 2.75) is 32.9 Å². The molecule has 1 aromatic rings. The molecule has 20 heavy (non-hydrogen) atoms. The van der Waals surface area contributed by atoms with Crippen molar-refractivity contribution >= 4 is 5.69 Å². The second kappa shape index (κ2) is 7.87. The van der Waals surface area contributed by atoms with Crippen LogP contribution in [-0.4, -0.2) is 25.9 Å². The lowest BCUT2D eigenvalue weighted by Crippen LogP contribution is -2.21. The fourth-order valence-electron chi connectivity index (χ4n) is 1.48. The predicted octanol–water partition coefficient (Wildman–Crippen LogP) is 4.24. The van der Waals surface area contributed by atoms with Crippen LogP contribution in [0, 0.1) is 0 Å². The Bertz CT molecular complexity index is 408. The highest BCUT2D eigenvalue weighted by molar-refractivity contribution is 5.54. The maximum atomic E-state index is 12.2. The van der Waals surface area contributed by atoms with E-state index in [0.29, 0.717) is 30.4 Å². The first-order valence-corrected chi connectivity index (χ1v) is 6.66. The van der Waals surface area contributed by atoms with Crippen LogP contribution in [0.5, 0.6) is 11.5 Å². The number of hydrogen-bond donors (Lipinski definition) is 1. The second-order valence-electron chi connectivity index (χ2n) is 4.33. The third-order valence-electron chi connectivity index (χ3n) is 2.36. The summed E-state index contributed by atoms with van der Waals surface area (Å²) in [5, 5.41) is 2.32.